The van der Waals surface area contributed by atoms with E-state index in [0.29, 0.717) is 36.6 Å². The number of para-hydroxylation sites is 2. The zero-order valence-electron chi connectivity index (χ0n) is 23.7. The number of hydrogen-bond acceptors (Lipinski definition) is 5. The lowest BCUT2D eigenvalue weighted by atomic mass is 9.77. The number of amides is 3. The molecule has 2 fully saturated rings. The van der Waals surface area contributed by atoms with Gasteiger partial charge in [0.1, 0.15) is 11.6 Å². The number of rotatable bonds is 8. The summed E-state index contributed by atoms with van der Waals surface area (Å²) in [6, 6.07) is 14.0. The van der Waals surface area contributed by atoms with Crippen molar-refractivity contribution in [2.45, 2.75) is 50.4 Å². The first-order valence-corrected chi connectivity index (χ1v) is 15.1. The molecule has 2 aromatic carbocycles. The van der Waals surface area contributed by atoms with Gasteiger partial charge in [0.15, 0.2) is 0 Å². The smallest absolute Gasteiger partial charge is 0.253 e. The van der Waals surface area contributed by atoms with E-state index >= 15 is 0 Å². The number of halogens is 1. The monoisotopic (exact) mass is 589 g/mol. The fourth-order valence-corrected chi connectivity index (χ4v) is 7.45. The second-order valence-corrected chi connectivity index (χ2v) is 11.9. The molecule has 0 radical (unpaired) electrons. The normalized spacial score (nSPS) is 28.5. The predicted octanol–water partition coefficient (Wildman–Crippen LogP) is 4.29. The summed E-state index contributed by atoms with van der Waals surface area (Å²) in [5, 5.41) is 9.66. The summed E-state index contributed by atoms with van der Waals surface area (Å²) in [5.41, 5.74) is 0.927. The van der Waals surface area contributed by atoms with Crippen LogP contribution in [0.4, 0.5) is 11.4 Å². The molecular weight excluding hydrogens is 554 g/mol. The molecular formula is C33H36ClN3O5. The fourth-order valence-electron chi connectivity index (χ4n) is 7.13. The molecule has 4 heterocycles. The summed E-state index contributed by atoms with van der Waals surface area (Å²) in [6.07, 6.45) is 9.88. The van der Waals surface area contributed by atoms with Gasteiger partial charge in [0.25, 0.3) is 5.91 Å². The highest BCUT2D eigenvalue weighted by molar-refractivity contribution is 6.34. The molecule has 0 bridgehead atoms. The summed E-state index contributed by atoms with van der Waals surface area (Å²) in [5.74, 6) is -2.31. The number of aliphatic hydroxyl groups is 1. The van der Waals surface area contributed by atoms with Crippen molar-refractivity contribution in [1.29, 1.82) is 0 Å². The van der Waals surface area contributed by atoms with E-state index in [1.807, 2.05) is 73.7 Å². The van der Waals surface area contributed by atoms with Gasteiger partial charge < -0.3 is 24.5 Å². The van der Waals surface area contributed by atoms with Crippen LogP contribution in [-0.2, 0) is 19.1 Å². The minimum Gasteiger partial charge on any atom is -0.396 e. The summed E-state index contributed by atoms with van der Waals surface area (Å²) in [4.78, 5) is 48.3. The van der Waals surface area contributed by atoms with Gasteiger partial charge in [-0.25, -0.2) is 0 Å². The predicted molar refractivity (Wildman–Crippen MR) is 161 cm³/mol. The molecule has 4 aliphatic rings. The highest BCUT2D eigenvalue weighted by atomic mass is 35.5. The lowest BCUT2D eigenvalue weighted by molar-refractivity contribution is -0.140. The first-order chi connectivity index (χ1) is 20.4. The maximum atomic E-state index is 14.6. The molecule has 0 aliphatic carbocycles. The first kappa shape index (κ1) is 28.6. The fraction of sp³-hybridized carbons (Fsp3) is 0.424. The van der Waals surface area contributed by atoms with Crippen LogP contribution in [0.5, 0.6) is 0 Å². The molecule has 0 saturated carbocycles. The number of unbranched alkanes of at least 4 members (excludes halogenated alkanes) is 3. The Labute approximate surface area is 251 Å². The van der Waals surface area contributed by atoms with Crippen molar-refractivity contribution in [3.63, 3.8) is 0 Å². The van der Waals surface area contributed by atoms with Gasteiger partial charge in [-0.05, 0) is 43.5 Å². The third kappa shape index (κ3) is 4.66. The largest absolute Gasteiger partial charge is 0.396 e. The highest BCUT2D eigenvalue weighted by Crippen LogP contribution is 2.54. The van der Waals surface area contributed by atoms with E-state index in [1.165, 1.54) is 0 Å². The number of ether oxygens (including phenoxy) is 1. The van der Waals surface area contributed by atoms with Crippen molar-refractivity contribution in [2.75, 3.05) is 36.0 Å². The van der Waals surface area contributed by atoms with Crippen LogP contribution in [-0.4, -0.2) is 71.7 Å². The minimum atomic E-state index is -1.29. The van der Waals surface area contributed by atoms with Crippen molar-refractivity contribution < 1.29 is 24.2 Å². The molecule has 8 nitrogen and oxygen atoms in total. The van der Waals surface area contributed by atoms with Gasteiger partial charge in [0, 0.05) is 31.9 Å². The Morgan fingerprint density at radius 2 is 1.67 bits per heavy atom. The number of fused-ring (bicyclic) bond motifs is 2. The molecule has 220 valence electrons. The molecule has 1 unspecified atom stereocenters. The lowest BCUT2D eigenvalue weighted by Crippen LogP contribution is -2.55. The quantitative estimate of drug-likeness (QED) is 0.367. The number of anilines is 2. The molecule has 0 aromatic heterocycles. The molecule has 6 rings (SSSR count). The Balaban J connectivity index is 1.41. The van der Waals surface area contributed by atoms with Gasteiger partial charge in [0.05, 0.1) is 28.6 Å². The van der Waals surface area contributed by atoms with Crippen molar-refractivity contribution >= 4 is 40.7 Å². The van der Waals surface area contributed by atoms with Gasteiger partial charge in [-0.2, -0.15) is 0 Å². The van der Waals surface area contributed by atoms with E-state index < -0.39 is 29.6 Å². The van der Waals surface area contributed by atoms with Crippen LogP contribution in [0.3, 0.4) is 0 Å². The van der Waals surface area contributed by atoms with Gasteiger partial charge in [-0.15, -0.1) is 0 Å². The topological polar surface area (TPSA) is 90.4 Å². The Morgan fingerprint density at radius 1 is 0.905 bits per heavy atom. The Bertz CT molecular complexity index is 1410. The zero-order valence-corrected chi connectivity index (χ0v) is 24.5. The molecule has 2 saturated heterocycles. The van der Waals surface area contributed by atoms with E-state index in [-0.39, 0.29) is 30.9 Å². The molecule has 3 amide bonds. The Morgan fingerprint density at radius 3 is 2.43 bits per heavy atom. The summed E-state index contributed by atoms with van der Waals surface area (Å²) < 4.78 is 6.76. The summed E-state index contributed by atoms with van der Waals surface area (Å²) in [7, 11) is 0. The van der Waals surface area contributed by atoms with Gasteiger partial charge in [0.2, 0.25) is 11.8 Å². The van der Waals surface area contributed by atoms with Crippen LogP contribution in [0.2, 0.25) is 5.02 Å². The average molecular weight is 590 g/mol. The van der Waals surface area contributed by atoms with Crippen molar-refractivity contribution in [1.82, 2.24) is 4.90 Å². The van der Waals surface area contributed by atoms with Crippen molar-refractivity contribution in [3.8, 4) is 0 Å². The van der Waals surface area contributed by atoms with Crippen molar-refractivity contribution in [2.24, 2.45) is 11.8 Å². The highest BCUT2D eigenvalue weighted by Gasteiger charge is 2.71. The van der Waals surface area contributed by atoms with Crippen LogP contribution in [0.1, 0.15) is 31.2 Å². The number of likely N-dealkylation sites (tertiary alicyclic amines) is 1. The maximum Gasteiger partial charge on any atom is 0.253 e. The van der Waals surface area contributed by atoms with Crippen LogP contribution < -0.4 is 9.80 Å². The molecule has 1 spiro atoms. The minimum absolute atomic E-state index is 0.121. The van der Waals surface area contributed by atoms with E-state index in [0.717, 1.165) is 24.1 Å². The number of nitrogens with zero attached hydrogens (tertiary/aromatic N) is 3. The SMILES string of the molecule is Cc1cccc(Cl)c1N1CC=C[C@]23O[C@H]4C=CCN(c5ccccc5)C(=O)[C@H]4[C@H]2C(=O)N(CCCCCCO)C3C1=O. The molecule has 42 heavy (non-hydrogen) atoms. The van der Waals surface area contributed by atoms with Gasteiger partial charge in [-0.1, -0.05) is 79.1 Å². The number of aliphatic hydroxyl groups excluding tert-OH is 1. The standard InChI is InChI=1S/C33H36ClN3O5/c1-22-12-9-15-24(34)28(22)36-20-11-17-33-27(31(40)37(29(33)32(36)41)18-7-2-3-8-21-38)26-25(42-33)16-10-19-35(30(26)39)23-13-5-4-6-14-23/h4-6,9-17,25-27,29,38H,2-3,7-8,18-21H2,1H3/t25-,26+,27-,29?,33-/m0/s1. The second kappa shape index (κ2) is 11.7. The summed E-state index contributed by atoms with van der Waals surface area (Å²) >= 11 is 6.63. The third-order valence-electron chi connectivity index (χ3n) is 8.99. The van der Waals surface area contributed by atoms with E-state index in [2.05, 4.69) is 0 Å². The van der Waals surface area contributed by atoms with E-state index in [1.54, 1.807) is 20.8 Å². The number of carbonyl (C=O) groups is 3. The number of hydrogen-bond donors (Lipinski definition) is 1. The van der Waals surface area contributed by atoms with Gasteiger partial charge in [-0.3, -0.25) is 14.4 Å². The molecule has 9 heteroatoms. The second-order valence-electron chi connectivity index (χ2n) is 11.5. The van der Waals surface area contributed by atoms with Crippen LogP contribution in [0, 0.1) is 18.8 Å². The van der Waals surface area contributed by atoms with E-state index in [9.17, 15) is 19.5 Å². The number of aryl methyl sites for hydroxylation is 1. The van der Waals surface area contributed by atoms with Crippen molar-refractivity contribution in [3.05, 3.63) is 83.4 Å². The number of carbonyl (C=O) groups excluding carboxylic acids is 3. The zero-order chi connectivity index (χ0) is 29.4. The van der Waals surface area contributed by atoms with Crippen LogP contribution in [0.25, 0.3) is 0 Å². The lowest BCUT2D eigenvalue weighted by Gasteiger charge is -2.36. The Kier molecular flexibility index (Phi) is 7.96. The molecule has 1 N–H and O–H groups in total. The van der Waals surface area contributed by atoms with Crippen LogP contribution >= 0.6 is 11.6 Å². The third-order valence-corrected chi connectivity index (χ3v) is 9.30. The summed E-state index contributed by atoms with van der Waals surface area (Å²) in [6.45, 7) is 3.03. The van der Waals surface area contributed by atoms with Crippen LogP contribution in [0.15, 0.2) is 72.8 Å². The molecule has 2 aromatic rings. The van der Waals surface area contributed by atoms with Gasteiger partial charge >= 0.3 is 0 Å². The number of benzene rings is 2. The average Bonchev–Trinajstić information content (AvgIpc) is 3.29. The molecule has 5 atom stereocenters. The molecule has 4 aliphatic heterocycles. The first-order valence-electron chi connectivity index (χ1n) is 14.8. The van der Waals surface area contributed by atoms with E-state index in [4.69, 9.17) is 16.3 Å². The maximum absolute atomic E-state index is 14.6. The Hall–Kier alpha value is -3.46.